The summed E-state index contributed by atoms with van der Waals surface area (Å²) in [6, 6.07) is 0. The Hall–Kier alpha value is -1.00. The molecule has 1 amide bonds. The van der Waals surface area contributed by atoms with Crippen molar-refractivity contribution < 1.29 is 33.1 Å². The van der Waals surface area contributed by atoms with Crippen molar-refractivity contribution in [2.45, 2.75) is 60.0 Å². The average Bonchev–Trinajstić information content (AvgIpc) is 2.53. The Balaban J connectivity index is 0. The van der Waals surface area contributed by atoms with E-state index in [0.717, 1.165) is 0 Å². The lowest BCUT2D eigenvalue weighted by Crippen LogP contribution is -2.63. The minimum atomic E-state index is -3.05. The molecule has 0 radical (unpaired) electrons. The first-order chi connectivity index (χ1) is 11.8. The first-order valence-corrected chi connectivity index (χ1v) is 10.6. The van der Waals surface area contributed by atoms with Crippen LogP contribution in [-0.4, -0.2) is 63.0 Å². The van der Waals surface area contributed by atoms with Gasteiger partial charge in [0.05, 0.1) is 12.1 Å². The molecule has 9 heteroatoms. The van der Waals surface area contributed by atoms with Gasteiger partial charge in [0.1, 0.15) is 0 Å². The highest BCUT2D eigenvalue weighted by molar-refractivity contribution is 6.62. The summed E-state index contributed by atoms with van der Waals surface area (Å²) in [5.74, 6) is -1.95. The zero-order valence-electron chi connectivity index (χ0n) is 16.3. The molecule has 0 saturated carbocycles. The highest BCUT2D eigenvalue weighted by Gasteiger charge is 2.49. The van der Waals surface area contributed by atoms with Gasteiger partial charge in [-0.25, -0.2) is 0 Å². The Labute approximate surface area is 152 Å². The van der Waals surface area contributed by atoms with E-state index in [1.54, 1.807) is 13.8 Å². The summed E-state index contributed by atoms with van der Waals surface area (Å²) in [6.07, 6.45) is 0.368. The number of carboxylic acid groups (broad SMARTS) is 1. The summed E-state index contributed by atoms with van der Waals surface area (Å²) in [4.78, 5) is 22.9. The molecule has 150 valence electrons. The molecule has 0 aliphatic heterocycles. The number of carbonyl (C=O) groups is 2. The normalized spacial score (nSPS) is 13.4. The Bertz CT molecular complexity index is 351. The molecule has 0 aliphatic rings. The van der Waals surface area contributed by atoms with E-state index in [2.05, 4.69) is 5.32 Å². The molecular weight excluding hydrogens is 346 g/mol. The molecule has 0 bridgehead atoms. The van der Waals surface area contributed by atoms with Gasteiger partial charge in [0.2, 0.25) is 5.91 Å². The highest BCUT2D eigenvalue weighted by Crippen LogP contribution is 2.18. The third-order valence-corrected chi connectivity index (χ3v) is 6.60. The maximum absolute atomic E-state index is 12.2. The van der Waals surface area contributed by atoms with Crippen molar-refractivity contribution in [3.63, 3.8) is 0 Å². The zero-order valence-corrected chi connectivity index (χ0v) is 17.3. The molecule has 0 aromatic carbocycles. The molecule has 0 aliphatic carbocycles. The summed E-state index contributed by atoms with van der Waals surface area (Å²) < 4.78 is 17.4. The standard InChI is InChI=1S/C14H29NO6Si.C2H6O/c1-6-12(15-14(18)11(5)10-13(16)17)22(19-7-2,20-8-3)21-9-4;1-2-3/h11-12H,6-10H2,1-5H3,(H,15,18)(H,16,17);3H,2H2,1H3. The van der Waals surface area contributed by atoms with Crippen LogP contribution in [0, 0.1) is 5.92 Å². The van der Waals surface area contributed by atoms with Crippen LogP contribution in [0.3, 0.4) is 0 Å². The Morgan fingerprint density at radius 3 is 1.68 bits per heavy atom. The van der Waals surface area contributed by atoms with E-state index in [4.69, 9.17) is 23.5 Å². The van der Waals surface area contributed by atoms with E-state index in [0.29, 0.717) is 26.2 Å². The first kappa shape index (κ1) is 26.2. The molecule has 0 aromatic rings. The van der Waals surface area contributed by atoms with Crippen LogP contribution >= 0.6 is 0 Å². The highest BCUT2D eigenvalue weighted by atomic mass is 28.4. The number of carboxylic acids is 1. The number of aliphatic hydroxyl groups is 1. The van der Waals surface area contributed by atoms with Gasteiger partial charge >= 0.3 is 14.8 Å². The summed E-state index contributed by atoms with van der Waals surface area (Å²) in [5, 5.41) is 19.2. The van der Waals surface area contributed by atoms with Gasteiger partial charge in [-0.15, -0.1) is 0 Å². The molecule has 0 spiro atoms. The zero-order chi connectivity index (χ0) is 19.9. The topological polar surface area (TPSA) is 114 Å². The number of hydrogen-bond acceptors (Lipinski definition) is 6. The van der Waals surface area contributed by atoms with Gasteiger partial charge in [0.25, 0.3) is 0 Å². The smallest absolute Gasteiger partial charge is 0.481 e. The molecule has 0 rings (SSSR count). The van der Waals surface area contributed by atoms with Gasteiger partial charge in [-0.2, -0.15) is 0 Å². The van der Waals surface area contributed by atoms with E-state index in [1.165, 1.54) is 0 Å². The summed E-state index contributed by atoms with van der Waals surface area (Å²) in [5.41, 5.74) is -0.393. The third-order valence-electron chi connectivity index (χ3n) is 3.12. The lowest BCUT2D eigenvalue weighted by atomic mass is 10.1. The Morgan fingerprint density at radius 1 is 1.00 bits per heavy atom. The van der Waals surface area contributed by atoms with Gasteiger partial charge in [0.15, 0.2) is 0 Å². The fourth-order valence-electron chi connectivity index (χ4n) is 2.14. The van der Waals surface area contributed by atoms with Crippen molar-refractivity contribution in [3.05, 3.63) is 0 Å². The maximum Gasteiger partial charge on any atom is 0.524 e. The van der Waals surface area contributed by atoms with E-state index < -0.39 is 26.4 Å². The van der Waals surface area contributed by atoms with E-state index in [-0.39, 0.29) is 18.9 Å². The van der Waals surface area contributed by atoms with Crippen LogP contribution in [0.15, 0.2) is 0 Å². The molecule has 2 unspecified atom stereocenters. The molecule has 0 fully saturated rings. The van der Waals surface area contributed by atoms with Crippen molar-refractivity contribution in [2.24, 2.45) is 5.92 Å². The van der Waals surface area contributed by atoms with Gasteiger partial charge in [0, 0.05) is 32.3 Å². The van der Waals surface area contributed by atoms with E-state index >= 15 is 0 Å². The number of rotatable bonds is 12. The van der Waals surface area contributed by atoms with Gasteiger partial charge < -0.3 is 28.8 Å². The third kappa shape index (κ3) is 10.6. The molecule has 2 atom stereocenters. The lowest BCUT2D eigenvalue weighted by molar-refractivity contribution is -0.140. The summed E-state index contributed by atoms with van der Waals surface area (Å²) in [6.45, 7) is 12.2. The number of carbonyl (C=O) groups excluding carboxylic acids is 1. The van der Waals surface area contributed by atoms with Crippen LogP contribution in [0.4, 0.5) is 0 Å². The van der Waals surface area contributed by atoms with E-state index in [9.17, 15) is 9.59 Å². The quantitative estimate of drug-likeness (QED) is 0.440. The average molecular weight is 382 g/mol. The minimum Gasteiger partial charge on any atom is -0.481 e. The van der Waals surface area contributed by atoms with Gasteiger partial charge in [-0.05, 0) is 34.1 Å². The number of hydrogen-bond donors (Lipinski definition) is 3. The maximum atomic E-state index is 12.2. The molecule has 0 heterocycles. The van der Waals surface area contributed by atoms with Crippen LogP contribution in [-0.2, 0) is 22.9 Å². The predicted octanol–water partition coefficient (Wildman–Crippen LogP) is 1.58. The van der Waals surface area contributed by atoms with Crippen LogP contribution < -0.4 is 5.32 Å². The van der Waals surface area contributed by atoms with Crippen LogP contribution in [0.2, 0.25) is 0 Å². The Morgan fingerprint density at radius 2 is 1.40 bits per heavy atom. The van der Waals surface area contributed by atoms with Crippen LogP contribution in [0.5, 0.6) is 0 Å². The van der Waals surface area contributed by atoms with Crippen LogP contribution in [0.25, 0.3) is 0 Å². The molecule has 3 N–H and O–H groups in total. The largest absolute Gasteiger partial charge is 0.524 e. The fraction of sp³-hybridized carbons (Fsp3) is 0.875. The number of nitrogens with one attached hydrogen (secondary N) is 1. The first-order valence-electron chi connectivity index (χ1n) is 8.83. The second-order valence-electron chi connectivity index (χ2n) is 5.19. The van der Waals surface area contributed by atoms with Crippen molar-refractivity contribution in [1.29, 1.82) is 0 Å². The van der Waals surface area contributed by atoms with Gasteiger partial charge in [-0.3, -0.25) is 9.59 Å². The lowest BCUT2D eigenvalue weighted by Gasteiger charge is -2.35. The summed E-state index contributed by atoms with van der Waals surface area (Å²) in [7, 11) is -3.05. The minimum absolute atomic E-state index is 0.214. The van der Waals surface area contributed by atoms with Crippen molar-refractivity contribution in [2.75, 3.05) is 26.4 Å². The fourth-order valence-corrected chi connectivity index (χ4v) is 5.02. The molecular formula is C16H35NO7Si. The predicted molar refractivity (Wildman–Crippen MR) is 97.0 cm³/mol. The van der Waals surface area contributed by atoms with Crippen molar-refractivity contribution in [1.82, 2.24) is 5.32 Å². The SMILES string of the molecule is CCO.CCO[Si](OCC)(OCC)C(CC)NC(=O)C(C)CC(=O)O. The van der Waals surface area contributed by atoms with E-state index in [1.807, 2.05) is 27.7 Å². The number of amides is 1. The second kappa shape index (κ2) is 15.3. The monoisotopic (exact) mass is 381 g/mol. The second-order valence-corrected chi connectivity index (χ2v) is 7.96. The molecule has 25 heavy (non-hydrogen) atoms. The Kier molecular flexibility index (Phi) is 16.0. The number of aliphatic carboxylic acids is 1. The van der Waals surface area contributed by atoms with Crippen LogP contribution in [0.1, 0.15) is 54.4 Å². The molecule has 0 saturated heterocycles. The summed E-state index contributed by atoms with van der Waals surface area (Å²) >= 11 is 0. The molecule has 8 nitrogen and oxygen atoms in total. The van der Waals surface area contributed by atoms with Crippen molar-refractivity contribution in [3.8, 4) is 0 Å². The van der Waals surface area contributed by atoms with Gasteiger partial charge in [-0.1, -0.05) is 13.8 Å². The molecule has 0 aromatic heterocycles. The number of aliphatic hydroxyl groups excluding tert-OH is 1. The van der Waals surface area contributed by atoms with Crippen molar-refractivity contribution >= 4 is 20.7 Å².